The zero-order valence-electron chi connectivity index (χ0n) is 26.0. The minimum Gasteiger partial charge on any atom is -0.421 e. The monoisotopic (exact) mass is 610 g/mol. The van der Waals surface area contributed by atoms with Gasteiger partial charge in [0.2, 0.25) is 0 Å². The summed E-state index contributed by atoms with van der Waals surface area (Å²) >= 11 is 5.99. The highest BCUT2D eigenvalue weighted by Crippen LogP contribution is 2.43. The lowest BCUT2D eigenvalue weighted by atomic mass is 9.97. The van der Waals surface area contributed by atoms with Crippen molar-refractivity contribution in [3.05, 3.63) is 76.0 Å². The molecule has 5 aromatic rings. The second kappa shape index (κ2) is 11.1. The van der Waals surface area contributed by atoms with Gasteiger partial charge in [-0.25, -0.2) is 24.3 Å². The number of aromatic amines is 1. The predicted octanol–water partition coefficient (Wildman–Crippen LogP) is 8.41. The summed E-state index contributed by atoms with van der Waals surface area (Å²) < 4.78 is 23.9. The van der Waals surface area contributed by atoms with Crippen molar-refractivity contribution in [1.82, 2.24) is 29.5 Å². The standard InChI is InChI=1S/C33H35FN6OSSi/c1-19-12-14-35-32(38-19)41-25-11-10-22(16-24(25)34)29-28-20(2)36-18-37-31(28)40(7)30(29)27-21(3)39-23(17-26(27)42)13-15-43(8,9)33(4,5)6/h10-12,14,16-18H,1-9H3,(H,39,42). The van der Waals surface area contributed by atoms with Gasteiger partial charge in [0.15, 0.2) is 11.6 Å². The molecule has 0 unspecified atom stereocenters. The van der Waals surface area contributed by atoms with E-state index in [2.05, 4.69) is 70.2 Å². The van der Waals surface area contributed by atoms with Crippen molar-refractivity contribution in [3.63, 3.8) is 0 Å². The molecule has 0 aliphatic heterocycles. The minimum atomic E-state index is -1.82. The summed E-state index contributed by atoms with van der Waals surface area (Å²) in [6.07, 6.45) is 3.11. The van der Waals surface area contributed by atoms with Crippen LogP contribution < -0.4 is 4.74 Å². The number of fused-ring (bicyclic) bond motifs is 1. The van der Waals surface area contributed by atoms with Gasteiger partial charge < -0.3 is 14.3 Å². The molecule has 5 rings (SSSR count). The quantitative estimate of drug-likeness (QED) is 0.125. The van der Waals surface area contributed by atoms with Crippen LogP contribution in [0.25, 0.3) is 33.4 Å². The zero-order chi connectivity index (χ0) is 31.3. The number of rotatable bonds is 4. The molecule has 0 amide bonds. The Kier molecular flexibility index (Phi) is 7.84. The van der Waals surface area contributed by atoms with Gasteiger partial charge in [0.05, 0.1) is 21.6 Å². The average Bonchev–Trinajstić information content (AvgIpc) is 3.21. The van der Waals surface area contributed by atoms with Crippen LogP contribution in [0.1, 0.15) is 43.5 Å². The Bertz CT molecular complexity index is 2010. The summed E-state index contributed by atoms with van der Waals surface area (Å²) in [5.74, 6) is 2.86. The molecule has 0 saturated carbocycles. The van der Waals surface area contributed by atoms with Crippen LogP contribution in [0.4, 0.5) is 4.39 Å². The van der Waals surface area contributed by atoms with Crippen molar-refractivity contribution in [3.8, 4) is 45.6 Å². The molecule has 220 valence electrons. The number of aryl methyl sites for hydroxylation is 4. The van der Waals surface area contributed by atoms with Gasteiger partial charge in [-0.3, -0.25) is 0 Å². The fraction of sp³-hybridized carbons (Fsp3) is 0.303. The van der Waals surface area contributed by atoms with E-state index in [1.165, 1.54) is 12.4 Å². The van der Waals surface area contributed by atoms with Crippen LogP contribution in [0.3, 0.4) is 0 Å². The van der Waals surface area contributed by atoms with Crippen molar-refractivity contribution >= 4 is 31.3 Å². The van der Waals surface area contributed by atoms with E-state index in [0.29, 0.717) is 10.1 Å². The third-order valence-electron chi connectivity index (χ3n) is 8.19. The molecule has 43 heavy (non-hydrogen) atoms. The molecule has 0 fully saturated rings. The van der Waals surface area contributed by atoms with E-state index in [9.17, 15) is 0 Å². The molecule has 0 aliphatic carbocycles. The van der Waals surface area contributed by atoms with Crippen LogP contribution in [-0.2, 0) is 7.05 Å². The number of ether oxygens (including phenoxy) is 1. The first-order valence-corrected chi connectivity index (χ1v) is 17.4. The van der Waals surface area contributed by atoms with E-state index in [-0.39, 0.29) is 16.8 Å². The summed E-state index contributed by atoms with van der Waals surface area (Å²) in [4.78, 5) is 20.8. The fourth-order valence-electron chi connectivity index (χ4n) is 4.75. The number of hydrogen-bond acceptors (Lipinski definition) is 6. The molecular weight excluding hydrogens is 576 g/mol. The molecule has 4 heterocycles. The molecule has 10 heteroatoms. The topological polar surface area (TPSA) is 81.5 Å². The van der Waals surface area contributed by atoms with Crippen LogP contribution in [-0.4, -0.2) is 37.6 Å². The van der Waals surface area contributed by atoms with E-state index in [1.54, 1.807) is 18.3 Å². The summed E-state index contributed by atoms with van der Waals surface area (Å²) in [7, 11) is 0.124. The van der Waals surface area contributed by atoms with Crippen LogP contribution in [0.2, 0.25) is 18.1 Å². The molecule has 0 atom stereocenters. The van der Waals surface area contributed by atoms with Crippen molar-refractivity contribution in [2.24, 2.45) is 7.05 Å². The Labute approximate surface area is 257 Å². The fourth-order valence-corrected chi connectivity index (χ4v) is 5.94. The second-order valence-electron chi connectivity index (χ2n) is 12.3. The normalized spacial score (nSPS) is 11.9. The zero-order valence-corrected chi connectivity index (χ0v) is 27.8. The van der Waals surface area contributed by atoms with Crippen LogP contribution in [0.15, 0.2) is 42.9 Å². The lowest BCUT2D eigenvalue weighted by molar-refractivity contribution is 0.410. The van der Waals surface area contributed by atoms with Gasteiger partial charge in [-0.05, 0) is 55.6 Å². The highest BCUT2D eigenvalue weighted by atomic mass is 32.1. The Morgan fingerprint density at radius 2 is 1.77 bits per heavy atom. The number of nitrogens with zero attached hydrogens (tertiary/aromatic N) is 5. The third kappa shape index (κ3) is 5.75. The van der Waals surface area contributed by atoms with Crippen molar-refractivity contribution in [2.45, 2.75) is 59.7 Å². The highest BCUT2D eigenvalue weighted by Gasteiger charge is 2.33. The van der Waals surface area contributed by atoms with Crippen LogP contribution in [0, 0.1) is 42.6 Å². The molecule has 7 nitrogen and oxygen atoms in total. The first-order valence-electron chi connectivity index (χ1n) is 14.0. The molecule has 0 bridgehead atoms. The Morgan fingerprint density at radius 3 is 2.42 bits per heavy atom. The Hall–Kier alpha value is -4.20. The average molecular weight is 611 g/mol. The summed E-state index contributed by atoms with van der Waals surface area (Å²) in [5, 5.41) is 0.969. The van der Waals surface area contributed by atoms with Gasteiger partial charge in [-0.2, -0.15) is 0 Å². The number of halogens is 1. The summed E-state index contributed by atoms with van der Waals surface area (Å²) in [6, 6.07) is 8.61. The Balaban J connectivity index is 1.68. The predicted molar refractivity (Wildman–Crippen MR) is 175 cm³/mol. The molecule has 0 aliphatic rings. The SMILES string of the molecule is Cc1ccnc(Oc2ccc(-c3c(-c4c(C)[nH]c(C#C[Si](C)(C)C(C)(C)C)cc4=S)n(C)c4ncnc(C)c34)cc2F)n1. The molecular formula is C33H35FN6OSSi. The van der Waals surface area contributed by atoms with E-state index in [0.717, 1.165) is 50.6 Å². The number of pyridine rings is 1. The van der Waals surface area contributed by atoms with E-state index in [1.807, 2.05) is 44.5 Å². The lowest BCUT2D eigenvalue weighted by Crippen LogP contribution is -2.35. The lowest BCUT2D eigenvalue weighted by Gasteiger charge is -2.31. The van der Waals surface area contributed by atoms with Gasteiger partial charge in [-0.1, -0.05) is 58.1 Å². The minimum absolute atomic E-state index is 0.0299. The first kappa shape index (κ1) is 30.3. The number of nitrogens with one attached hydrogen (secondary N) is 1. The second-order valence-corrected chi connectivity index (χ2v) is 17.8. The highest BCUT2D eigenvalue weighted by molar-refractivity contribution is 7.71. The van der Waals surface area contributed by atoms with E-state index < -0.39 is 13.9 Å². The third-order valence-corrected chi connectivity index (χ3v) is 13.0. The maximum atomic E-state index is 15.6. The molecule has 1 aromatic carbocycles. The van der Waals surface area contributed by atoms with Crippen molar-refractivity contribution in [2.75, 3.05) is 0 Å². The first-order chi connectivity index (χ1) is 20.2. The van der Waals surface area contributed by atoms with Crippen LogP contribution >= 0.6 is 12.2 Å². The van der Waals surface area contributed by atoms with Gasteiger partial charge in [0.25, 0.3) is 0 Å². The summed E-state index contributed by atoms with van der Waals surface area (Å²) in [5.41, 5.74) is 10.5. The molecule has 1 N–H and O–H groups in total. The maximum absolute atomic E-state index is 15.6. The number of H-pyrrole nitrogens is 1. The van der Waals surface area contributed by atoms with E-state index in [4.69, 9.17) is 17.0 Å². The molecule has 0 radical (unpaired) electrons. The largest absolute Gasteiger partial charge is 0.421 e. The van der Waals surface area contributed by atoms with Gasteiger partial charge in [0, 0.05) is 41.1 Å². The molecule has 0 spiro atoms. The maximum Gasteiger partial charge on any atom is 0.322 e. The van der Waals surface area contributed by atoms with Crippen molar-refractivity contribution in [1.29, 1.82) is 0 Å². The van der Waals surface area contributed by atoms with E-state index >= 15 is 4.39 Å². The van der Waals surface area contributed by atoms with Gasteiger partial charge in [0.1, 0.15) is 20.0 Å². The van der Waals surface area contributed by atoms with Crippen LogP contribution in [0.5, 0.6) is 11.8 Å². The smallest absolute Gasteiger partial charge is 0.322 e. The summed E-state index contributed by atoms with van der Waals surface area (Å²) in [6.45, 7) is 17.0. The number of aromatic nitrogens is 6. The van der Waals surface area contributed by atoms with Crippen molar-refractivity contribution < 1.29 is 9.13 Å². The number of hydrogen-bond donors (Lipinski definition) is 1. The van der Waals surface area contributed by atoms with Gasteiger partial charge in [-0.15, -0.1) is 5.54 Å². The van der Waals surface area contributed by atoms with Gasteiger partial charge >= 0.3 is 6.01 Å². The molecule has 4 aromatic heterocycles. The number of benzene rings is 1. The Morgan fingerprint density at radius 1 is 1.02 bits per heavy atom. The molecule has 0 saturated heterocycles.